The Morgan fingerprint density at radius 2 is 1.74 bits per heavy atom. The summed E-state index contributed by atoms with van der Waals surface area (Å²) in [6.45, 7) is -0.132. The second kappa shape index (κ2) is 7.29. The van der Waals surface area contributed by atoms with E-state index in [9.17, 15) is 9.18 Å². The molecule has 0 radical (unpaired) electrons. The van der Waals surface area contributed by atoms with Crippen LogP contribution in [0.5, 0.6) is 5.75 Å². The minimum Gasteiger partial charge on any atom is -0.484 e. The highest BCUT2D eigenvalue weighted by Gasteiger charge is 2.16. The van der Waals surface area contributed by atoms with Crippen molar-refractivity contribution in [1.29, 1.82) is 0 Å². The summed E-state index contributed by atoms with van der Waals surface area (Å²) in [4.78, 5) is 17.0. The van der Waals surface area contributed by atoms with E-state index in [-0.39, 0.29) is 18.3 Å². The van der Waals surface area contributed by atoms with Crippen LogP contribution < -0.4 is 10.1 Å². The van der Waals surface area contributed by atoms with Gasteiger partial charge in [-0.25, -0.2) is 9.37 Å². The van der Waals surface area contributed by atoms with Crippen LogP contribution in [0.15, 0.2) is 79.0 Å². The number of fused-ring (bicyclic) bond motifs is 1. The number of rotatable bonds is 5. The smallest absolute Gasteiger partial charge is 0.263 e. The molecule has 6 heteroatoms. The highest BCUT2D eigenvalue weighted by Crippen LogP contribution is 2.28. The van der Waals surface area contributed by atoms with Gasteiger partial charge in [-0.1, -0.05) is 24.3 Å². The fraction of sp³-hybridized carbons (Fsp3) is 0.0476. The molecule has 0 aliphatic heterocycles. The molecule has 2 aromatic carbocycles. The third-order valence-electron chi connectivity index (χ3n) is 4.02. The second-order valence-electron chi connectivity index (χ2n) is 5.89. The van der Waals surface area contributed by atoms with Gasteiger partial charge in [0.25, 0.3) is 5.91 Å². The summed E-state index contributed by atoms with van der Waals surface area (Å²) >= 11 is 0. The number of para-hydroxylation sites is 1. The first-order chi connectivity index (χ1) is 13.2. The Balaban J connectivity index is 1.62. The lowest BCUT2D eigenvalue weighted by Crippen LogP contribution is -2.21. The summed E-state index contributed by atoms with van der Waals surface area (Å²) in [5.74, 6) is 0.487. The molecule has 0 atom stereocenters. The van der Waals surface area contributed by atoms with Crippen molar-refractivity contribution in [2.75, 3.05) is 11.9 Å². The quantitative estimate of drug-likeness (QED) is 0.581. The predicted molar refractivity (Wildman–Crippen MR) is 101 cm³/mol. The molecular formula is C21H16FN3O2. The summed E-state index contributed by atoms with van der Waals surface area (Å²) in [6.07, 6.45) is 1.81. The lowest BCUT2D eigenvalue weighted by molar-refractivity contribution is -0.118. The zero-order valence-electron chi connectivity index (χ0n) is 14.3. The van der Waals surface area contributed by atoms with Crippen LogP contribution in [0.4, 0.5) is 10.2 Å². The van der Waals surface area contributed by atoms with Crippen LogP contribution in [0.1, 0.15) is 0 Å². The largest absolute Gasteiger partial charge is 0.484 e. The number of halogens is 1. The maximum Gasteiger partial charge on any atom is 0.263 e. The number of nitrogens with zero attached hydrogens (tertiary/aromatic N) is 2. The van der Waals surface area contributed by atoms with E-state index in [1.807, 2.05) is 42.6 Å². The van der Waals surface area contributed by atoms with Crippen molar-refractivity contribution >= 4 is 17.4 Å². The molecule has 0 fully saturated rings. The normalized spacial score (nSPS) is 10.7. The van der Waals surface area contributed by atoms with Gasteiger partial charge in [-0.2, -0.15) is 0 Å². The molecule has 0 unspecified atom stereocenters. The predicted octanol–water partition coefficient (Wildman–Crippen LogP) is 4.16. The Morgan fingerprint density at radius 3 is 2.52 bits per heavy atom. The molecule has 2 aromatic heterocycles. The summed E-state index contributed by atoms with van der Waals surface area (Å²) in [7, 11) is 0. The molecule has 0 bridgehead atoms. The molecule has 134 valence electrons. The van der Waals surface area contributed by atoms with Crippen molar-refractivity contribution in [2.45, 2.75) is 0 Å². The van der Waals surface area contributed by atoms with Crippen LogP contribution in [0.2, 0.25) is 0 Å². The van der Waals surface area contributed by atoms with Gasteiger partial charge in [0.15, 0.2) is 6.61 Å². The Bertz CT molecular complexity index is 1080. The number of nitrogens with one attached hydrogen (secondary N) is 1. The number of imidazole rings is 1. The van der Waals surface area contributed by atoms with Gasteiger partial charge in [0.2, 0.25) is 0 Å². The SMILES string of the molecule is O=C(COc1ccccc1)Nc1c(-c2ccc(F)cc2)nc2ccccn12. The van der Waals surface area contributed by atoms with Gasteiger partial charge in [-0.05, 0) is 48.5 Å². The molecule has 2 heterocycles. The van der Waals surface area contributed by atoms with Gasteiger partial charge >= 0.3 is 0 Å². The van der Waals surface area contributed by atoms with Crippen molar-refractivity contribution in [3.63, 3.8) is 0 Å². The summed E-state index contributed by atoms with van der Waals surface area (Å²) in [5, 5.41) is 2.86. The monoisotopic (exact) mass is 361 g/mol. The fourth-order valence-corrected chi connectivity index (χ4v) is 2.76. The van der Waals surface area contributed by atoms with Crippen molar-refractivity contribution in [3.05, 3.63) is 84.8 Å². The molecule has 4 rings (SSSR count). The standard InChI is InChI=1S/C21H16FN3O2/c22-16-11-9-15(10-12-16)20-21(25-13-5-4-8-18(25)23-20)24-19(26)14-27-17-6-2-1-3-7-17/h1-13H,14H2,(H,24,26). The van der Waals surface area contributed by atoms with E-state index in [0.717, 1.165) is 0 Å². The molecule has 5 nitrogen and oxygen atoms in total. The third-order valence-corrected chi connectivity index (χ3v) is 4.02. The first-order valence-electron chi connectivity index (χ1n) is 8.41. The maximum atomic E-state index is 13.3. The minimum atomic E-state index is -0.329. The molecule has 4 aromatic rings. The van der Waals surface area contributed by atoms with Gasteiger partial charge in [-0.3, -0.25) is 9.20 Å². The van der Waals surface area contributed by atoms with Crippen molar-refractivity contribution in [1.82, 2.24) is 9.38 Å². The maximum absolute atomic E-state index is 13.3. The Morgan fingerprint density at radius 1 is 1.00 bits per heavy atom. The number of anilines is 1. The molecule has 1 N–H and O–H groups in total. The molecule has 27 heavy (non-hydrogen) atoms. The summed E-state index contributed by atoms with van der Waals surface area (Å²) < 4.78 is 20.5. The van der Waals surface area contributed by atoms with Gasteiger partial charge in [0, 0.05) is 11.8 Å². The van der Waals surface area contributed by atoms with Crippen LogP contribution in [0, 0.1) is 5.82 Å². The van der Waals surface area contributed by atoms with E-state index in [1.54, 1.807) is 28.7 Å². The first-order valence-corrected chi connectivity index (χ1v) is 8.41. The summed E-state index contributed by atoms with van der Waals surface area (Å²) in [5.41, 5.74) is 1.95. The van der Waals surface area contributed by atoms with E-state index in [2.05, 4.69) is 10.3 Å². The topological polar surface area (TPSA) is 55.6 Å². The van der Waals surface area contributed by atoms with Crippen LogP contribution in [-0.4, -0.2) is 21.9 Å². The molecule has 0 aliphatic carbocycles. The van der Waals surface area contributed by atoms with Gasteiger partial charge in [0.05, 0.1) is 0 Å². The van der Waals surface area contributed by atoms with E-state index in [0.29, 0.717) is 28.5 Å². The average molecular weight is 361 g/mol. The van der Waals surface area contributed by atoms with Crippen LogP contribution >= 0.6 is 0 Å². The number of amides is 1. The van der Waals surface area contributed by atoms with E-state index in [1.165, 1.54) is 12.1 Å². The number of carbonyl (C=O) groups is 1. The number of hydrogen-bond donors (Lipinski definition) is 1. The van der Waals surface area contributed by atoms with Gasteiger partial charge in [-0.15, -0.1) is 0 Å². The lowest BCUT2D eigenvalue weighted by Gasteiger charge is -2.09. The molecular weight excluding hydrogens is 345 g/mol. The number of hydrogen-bond acceptors (Lipinski definition) is 3. The molecule has 0 saturated carbocycles. The summed E-state index contributed by atoms with van der Waals surface area (Å²) in [6, 6.07) is 20.7. The third kappa shape index (κ3) is 3.64. The van der Waals surface area contributed by atoms with Crippen LogP contribution in [0.3, 0.4) is 0 Å². The van der Waals surface area contributed by atoms with E-state index in [4.69, 9.17) is 4.74 Å². The molecule has 0 spiro atoms. The molecule has 0 saturated heterocycles. The first kappa shape index (κ1) is 16.8. The Labute approximate surface area is 155 Å². The number of benzene rings is 2. The zero-order valence-corrected chi connectivity index (χ0v) is 14.3. The molecule has 0 aliphatic rings. The average Bonchev–Trinajstić information content (AvgIpc) is 3.06. The van der Waals surface area contributed by atoms with E-state index < -0.39 is 0 Å². The van der Waals surface area contributed by atoms with Crippen molar-refractivity contribution in [3.8, 4) is 17.0 Å². The Hall–Kier alpha value is -3.67. The second-order valence-corrected chi connectivity index (χ2v) is 5.89. The zero-order chi connectivity index (χ0) is 18.6. The highest BCUT2D eigenvalue weighted by atomic mass is 19.1. The van der Waals surface area contributed by atoms with Crippen molar-refractivity contribution < 1.29 is 13.9 Å². The lowest BCUT2D eigenvalue weighted by atomic mass is 10.1. The van der Waals surface area contributed by atoms with Gasteiger partial charge in [0.1, 0.15) is 28.7 Å². The van der Waals surface area contributed by atoms with Gasteiger partial charge < -0.3 is 10.1 Å². The highest BCUT2D eigenvalue weighted by molar-refractivity contribution is 5.95. The fourth-order valence-electron chi connectivity index (χ4n) is 2.76. The number of carbonyl (C=O) groups excluding carboxylic acids is 1. The Kier molecular flexibility index (Phi) is 4.53. The number of pyridine rings is 1. The molecule has 1 amide bonds. The van der Waals surface area contributed by atoms with Crippen LogP contribution in [0.25, 0.3) is 16.9 Å². The van der Waals surface area contributed by atoms with Crippen LogP contribution in [-0.2, 0) is 4.79 Å². The van der Waals surface area contributed by atoms with E-state index >= 15 is 0 Å². The van der Waals surface area contributed by atoms with Crippen molar-refractivity contribution in [2.24, 2.45) is 0 Å². The minimum absolute atomic E-state index is 0.132. The number of ether oxygens (including phenoxy) is 1. The number of aromatic nitrogens is 2.